The monoisotopic (exact) mass is 458 g/mol. The molecular formula is C26H26N4O2S. The number of imidazole rings is 1. The van der Waals surface area contributed by atoms with Gasteiger partial charge in [0.25, 0.3) is 5.91 Å². The molecule has 0 spiro atoms. The molecule has 33 heavy (non-hydrogen) atoms. The number of anilines is 1. The number of carbonyl (C=O) groups excluding carboxylic acids is 2. The highest BCUT2D eigenvalue weighted by Crippen LogP contribution is 2.25. The summed E-state index contributed by atoms with van der Waals surface area (Å²) in [7, 11) is 0. The Bertz CT molecular complexity index is 1230. The van der Waals surface area contributed by atoms with Crippen molar-refractivity contribution in [1.82, 2.24) is 14.9 Å². The molecule has 1 atom stereocenters. The molecule has 2 amide bonds. The molecule has 0 fully saturated rings. The van der Waals surface area contributed by atoms with Gasteiger partial charge in [0.1, 0.15) is 12.4 Å². The Kier molecular flexibility index (Phi) is 7.42. The predicted octanol–water partition coefficient (Wildman–Crippen LogP) is 4.90. The summed E-state index contributed by atoms with van der Waals surface area (Å²) in [5.41, 5.74) is 2.99. The Morgan fingerprint density at radius 3 is 2.33 bits per heavy atom. The highest BCUT2D eigenvalue weighted by atomic mass is 32.2. The van der Waals surface area contributed by atoms with Gasteiger partial charge < -0.3 is 15.2 Å². The summed E-state index contributed by atoms with van der Waals surface area (Å²) in [5.74, 6) is 1.22. The van der Waals surface area contributed by atoms with Gasteiger partial charge in [-0.2, -0.15) is 11.8 Å². The van der Waals surface area contributed by atoms with Gasteiger partial charge in [-0.05, 0) is 54.8 Å². The van der Waals surface area contributed by atoms with Gasteiger partial charge in [-0.3, -0.25) is 9.59 Å². The molecule has 7 heteroatoms. The highest BCUT2D eigenvalue weighted by molar-refractivity contribution is 7.98. The predicted molar refractivity (Wildman–Crippen MR) is 134 cm³/mol. The molecule has 1 heterocycles. The van der Waals surface area contributed by atoms with E-state index in [1.165, 1.54) is 0 Å². The Labute approximate surface area is 197 Å². The first-order valence-corrected chi connectivity index (χ1v) is 12.2. The van der Waals surface area contributed by atoms with E-state index in [0.29, 0.717) is 17.8 Å². The summed E-state index contributed by atoms with van der Waals surface area (Å²) in [6, 6.07) is 25.9. The number of thioether (sulfide) groups is 1. The average Bonchev–Trinajstić information content (AvgIpc) is 3.21. The van der Waals surface area contributed by atoms with Crippen LogP contribution in [0, 0.1) is 0 Å². The Morgan fingerprint density at radius 2 is 1.61 bits per heavy atom. The fourth-order valence-corrected chi connectivity index (χ4v) is 4.20. The first kappa shape index (κ1) is 22.6. The summed E-state index contributed by atoms with van der Waals surface area (Å²) >= 11 is 1.71. The molecule has 0 aliphatic heterocycles. The minimum absolute atomic E-state index is 0.0989. The number of para-hydroxylation sites is 3. The fourth-order valence-electron chi connectivity index (χ4n) is 3.72. The molecular weight excluding hydrogens is 432 g/mol. The normalized spacial score (nSPS) is 11.8. The van der Waals surface area contributed by atoms with Crippen LogP contribution in [0.5, 0.6) is 0 Å². The van der Waals surface area contributed by atoms with Crippen LogP contribution < -0.4 is 10.6 Å². The van der Waals surface area contributed by atoms with Gasteiger partial charge >= 0.3 is 0 Å². The summed E-state index contributed by atoms with van der Waals surface area (Å²) in [6.07, 6.45) is 2.73. The smallest absolute Gasteiger partial charge is 0.251 e. The number of aromatic nitrogens is 2. The van der Waals surface area contributed by atoms with E-state index in [1.54, 1.807) is 23.9 Å². The lowest BCUT2D eigenvalue weighted by molar-refractivity contribution is -0.116. The van der Waals surface area contributed by atoms with Crippen molar-refractivity contribution in [3.05, 3.63) is 96.3 Å². The first-order valence-electron chi connectivity index (χ1n) is 10.8. The minimum atomic E-state index is -0.331. The van der Waals surface area contributed by atoms with Crippen LogP contribution in [0.3, 0.4) is 0 Å². The number of hydrogen-bond acceptors (Lipinski definition) is 4. The molecule has 4 aromatic rings. The van der Waals surface area contributed by atoms with Crippen molar-refractivity contribution in [2.45, 2.75) is 19.0 Å². The van der Waals surface area contributed by atoms with E-state index in [1.807, 2.05) is 83.6 Å². The van der Waals surface area contributed by atoms with E-state index in [9.17, 15) is 9.59 Å². The molecule has 4 rings (SSSR count). The molecule has 0 saturated carbocycles. The Morgan fingerprint density at radius 1 is 0.939 bits per heavy atom. The fraction of sp³-hybridized carbons (Fsp3) is 0.192. The zero-order valence-corrected chi connectivity index (χ0v) is 19.2. The van der Waals surface area contributed by atoms with E-state index in [0.717, 1.165) is 22.5 Å². The van der Waals surface area contributed by atoms with E-state index < -0.39 is 0 Å². The number of amides is 2. The van der Waals surface area contributed by atoms with Crippen LogP contribution in [0.4, 0.5) is 5.69 Å². The molecule has 1 unspecified atom stereocenters. The zero-order valence-electron chi connectivity index (χ0n) is 18.4. The number of rotatable bonds is 9. The van der Waals surface area contributed by atoms with Crippen molar-refractivity contribution in [2.24, 2.45) is 0 Å². The molecule has 0 bridgehead atoms. The third kappa shape index (κ3) is 5.62. The molecule has 0 radical (unpaired) electrons. The Balaban J connectivity index is 1.66. The molecule has 0 aliphatic carbocycles. The number of nitrogens with zero attached hydrogens (tertiary/aromatic N) is 2. The number of benzene rings is 3. The second kappa shape index (κ2) is 10.8. The quantitative estimate of drug-likeness (QED) is 0.374. The van der Waals surface area contributed by atoms with Gasteiger partial charge in [-0.1, -0.05) is 48.5 Å². The van der Waals surface area contributed by atoms with Gasteiger partial charge in [-0.25, -0.2) is 4.98 Å². The molecule has 168 valence electrons. The van der Waals surface area contributed by atoms with Crippen molar-refractivity contribution in [2.75, 3.05) is 17.3 Å². The lowest BCUT2D eigenvalue weighted by Crippen LogP contribution is -2.32. The first-order chi connectivity index (χ1) is 16.2. The van der Waals surface area contributed by atoms with Gasteiger partial charge in [0.2, 0.25) is 5.91 Å². The lowest BCUT2D eigenvalue weighted by Gasteiger charge is -2.20. The maximum Gasteiger partial charge on any atom is 0.251 e. The molecule has 2 N–H and O–H groups in total. The van der Waals surface area contributed by atoms with Crippen LogP contribution in [0.15, 0.2) is 84.9 Å². The van der Waals surface area contributed by atoms with E-state index >= 15 is 0 Å². The van der Waals surface area contributed by atoms with Crippen molar-refractivity contribution >= 4 is 40.3 Å². The van der Waals surface area contributed by atoms with Crippen LogP contribution in [0.1, 0.15) is 28.6 Å². The number of nitrogens with one attached hydrogen (secondary N) is 2. The van der Waals surface area contributed by atoms with Gasteiger partial charge in [-0.15, -0.1) is 0 Å². The maximum absolute atomic E-state index is 12.9. The van der Waals surface area contributed by atoms with Crippen LogP contribution in [-0.2, 0) is 11.3 Å². The molecule has 0 aliphatic rings. The zero-order chi connectivity index (χ0) is 23.0. The maximum atomic E-state index is 12.9. The van der Waals surface area contributed by atoms with E-state index in [-0.39, 0.29) is 24.4 Å². The summed E-state index contributed by atoms with van der Waals surface area (Å²) in [6.45, 7) is 0.0989. The number of carbonyl (C=O) groups is 2. The van der Waals surface area contributed by atoms with Crippen LogP contribution >= 0.6 is 11.8 Å². The molecule has 0 saturated heterocycles. The van der Waals surface area contributed by atoms with Crippen LogP contribution in [0.25, 0.3) is 11.0 Å². The molecule has 6 nitrogen and oxygen atoms in total. The largest absolute Gasteiger partial charge is 0.342 e. The topological polar surface area (TPSA) is 76.0 Å². The number of fused-ring (bicyclic) bond motifs is 1. The summed E-state index contributed by atoms with van der Waals surface area (Å²) in [5, 5.41) is 6.08. The second-order valence-corrected chi connectivity index (χ2v) is 8.62. The van der Waals surface area contributed by atoms with Crippen LogP contribution in [-0.4, -0.2) is 33.4 Å². The van der Waals surface area contributed by atoms with Crippen molar-refractivity contribution in [1.29, 1.82) is 0 Å². The minimum Gasteiger partial charge on any atom is -0.342 e. The van der Waals surface area contributed by atoms with E-state index in [4.69, 9.17) is 4.98 Å². The average molecular weight is 459 g/mol. The summed E-state index contributed by atoms with van der Waals surface area (Å²) < 4.78 is 1.91. The van der Waals surface area contributed by atoms with Crippen molar-refractivity contribution < 1.29 is 9.59 Å². The third-order valence-electron chi connectivity index (χ3n) is 5.31. The third-order valence-corrected chi connectivity index (χ3v) is 5.95. The van der Waals surface area contributed by atoms with Gasteiger partial charge in [0.15, 0.2) is 0 Å². The Hall–Kier alpha value is -3.58. The number of hydrogen-bond donors (Lipinski definition) is 2. The second-order valence-electron chi connectivity index (χ2n) is 7.63. The standard InChI is InChI=1S/C26H26N4O2S/c1-33-17-16-22(29-26(32)19-10-4-2-5-11-19)25-28-21-14-8-9-15-23(21)30(25)18-24(31)27-20-12-6-3-7-13-20/h2-15,22H,16-18H2,1H3,(H,27,31)(H,29,32). The highest BCUT2D eigenvalue weighted by Gasteiger charge is 2.23. The van der Waals surface area contributed by atoms with E-state index in [2.05, 4.69) is 10.6 Å². The van der Waals surface area contributed by atoms with Gasteiger partial charge in [0.05, 0.1) is 17.1 Å². The SMILES string of the molecule is CSCCC(NC(=O)c1ccccc1)c1nc2ccccc2n1CC(=O)Nc1ccccc1. The molecule has 1 aromatic heterocycles. The van der Waals surface area contributed by atoms with Crippen molar-refractivity contribution in [3.8, 4) is 0 Å². The van der Waals surface area contributed by atoms with Crippen molar-refractivity contribution in [3.63, 3.8) is 0 Å². The summed E-state index contributed by atoms with van der Waals surface area (Å²) in [4.78, 5) is 30.7. The van der Waals surface area contributed by atoms with Gasteiger partial charge in [0, 0.05) is 11.3 Å². The lowest BCUT2D eigenvalue weighted by atomic mass is 10.1. The molecule has 3 aromatic carbocycles. The van der Waals surface area contributed by atoms with Crippen LogP contribution in [0.2, 0.25) is 0 Å².